The van der Waals surface area contributed by atoms with Gasteiger partial charge in [-0.15, -0.1) is 11.3 Å². The molecule has 2 heterocycles. The summed E-state index contributed by atoms with van der Waals surface area (Å²) in [5.74, 6) is -0.454. The predicted octanol–water partition coefficient (Wildman–Crippen LogP) is 3.80. The summed E-state index contributed by atoms with van der Waals surface area (Å²) in [6.45, 7) is 2.82. The molecule has 1 saturated heterocycles. The topological polar surface area (TPSA) is 39.9 Å². The van der Waals surface area contributed by atoms with E-state index in [0.29, 0.717) is 5.69 Å². The molecule has 1 aliphatic rings. The molecule has 1 aromatic heterocycles. The van der Waals surface area contributed by atoms with E-state index in [1.807, 2.05) is 19.1 Å². The van der Waals surface area contributed by atoms with Crippen molar-refractivity contribution in [3.05, 3.63) is 45.7 Å². The number of nitriles is 1. The summed E-state index contributed by atoms with van der Waals surface area (Å²) in [6, 6.07) is 6.94. The lowest BCUT2D eigenvalue weighted by Gasteiger charge is -2.26. The van der Waals surface area contributed by atoms with Gasteiger partial charge in [-0.05, 0) is 31.9 Å². The lowest BCUT2D eigenvalue weighted by atomic mass is 10.1. The molecule has 1 aliphatic heterocycles. The number of hydrogen-bond donors (Lipinski definition) is 0. The Hall–Kier alpha value is -1.93. The molecule has 0 saturated carbocycles. The van der Waals surface area contributed by atoms with Gasteiger partial charge in [0.2, 0.25) is 0 Å². The fourth-order valence-corrected chi connectivity index (χ4v) is 3.42. The average molecular weight is 287 g/mol. The summed E-state index contributed by atoms with van der Waals surface area (Å²) in [5, 5.41) is 12.3. The van der Waals surface area contributed by atoms with Crippen LogP contribution in [-0.4, -0.2) is 11.5 Å². The van der Waals surface area contributed by atoms with Crippen LogP contribution in [0.1, 0.15) is 35.1 Å². The van der Waals surface area contributed by atoms with Gasteiger partial charge in [0.15, 0.2) is 0 Å². The molecule has 0 aliphatic carbocycles. The van der Waals surface area contributed by atoms with Crippen molar-refractivity contribution in [1.29, 1.82) is 5.26 Å². The van der Waals surface area contributed by atoms with Gasteiger partial charge in [-0.1, -0.05) is 6.07 Å². The third-order valence-corrected chi connectivity index (χ3v) is 4.44. The van der Waals surface area contributed by atoms with Gasteiger partial charge in [0.05, 0.1) is 22.4 Å². The quantitative estimate of drug-likeness (QED) is 0.843. The number of halogens is 1. The van der Waals surface area contributed by atoms with E-state index in [1.165, 1.54) is 6.07 Å². The molecule has 0 bridgehead atoms. The molecule has 2 aromatic rings. The van der Waals surface area contributed by atoms with E-state index in [4.69, 9.17) is 0 Å². The molecule has 0 amide bonds. The van der Waals surface area contributed by atoms with E-state index in [1.54, 1.807) is 17.4 Å². The van der Waals surface area contributed by atoms with Crippen LogP contribution >= 0.6 is 11.3 Å². The predicted molar refractivity (Wildman–Crippen MR) is 77.3 cm³/mol. The first-order valence-corrected chi connectivity index (χ1v) is 7.46. The normalized spacial score (nSPS) is 18.2. The Morgan fingerprint density at radius 2 is 2.35 bits per heavy atom. The molecule has 102 valence electrons. The summed E-state index contributed by atoms with van der Waals surface area (Å²) in [5.41, 5.74) is 1.84. The molecule has 0 N–H and O–H groups in total. The van der Waals surface area contributed by atoms with Crippen molar-refractivity contribution < 1.29 is 4.39 Å². The number of anilines is 1. The highest BCUT2D eigenvalue weighted by atomic mass is 32.1. The van der Waals surface area contributed by atoms with Crippen molar-refractivity contribution in [2.24, 2.45) is 0 Å². The van der Waals surface area contributed by atoms with Crippen LogP contribution in [0.4, 0.5) is 10.1 Å². The lowest BCUT2D eigenvalue weighted by molar-refractivity contribution is 0.620. The van der Waals surface area contributed by atoms with Crippen molar-refractivity contribution in [2.45, 2.75) is 25.8 Å². The van der Waals surface area contributed by atoms with Crippen LogP contribution in [0.3, 0.4) is 0 Å². The van der Waals surface area contributed by atoms with E-state index >= 15 is 0 Å². The molecular weight excluding hydrogens is 273 g/mol. The third kappa shape index (κ3) is 2.16. The molecule has 0 unspecified atom stereocenters. The Labute approximate surface area is 121 Å². The van der Waals surface area contributed by atoms with Crippen LogP contribution in [0, 0.1) is 24.1 Å². The van der Waals surface area contributed by atoms with Gasteiger partial charge in [-0.25, -0.2) is 9.37 Å². The highest BCUT2D eigenvalue weighted by molar-refractivity contribution is 7.09. The number of aromatic nitrogens is 1. The van der Waals surface area contributed by atoms with Gasteiger partial charge < -0.3 is 4.90 Å². The summed E-state index contributed by atoms with van der Waals surface area (Å²) in [7, 11) is 0. The Balaban J connectivity index is 2.01. The molecular formula is C15H14FN3S. The second-order valence-electron chi connectivity index (χ2n) is 4.89. The van der Waals surface area contributed by atoms with Gasteiger partial charge >= 0.3 is 0 Å². The highest BCUT2D eigenvalue weighted by Crippen LogP contribution is 2.38. The van der Waals surface area contributed by atoms with E-state index in [9.17, 15) is 9.65 Å². The monoisotopic (exact) mass is 287 g/mol. The number of rotatable bonds is 2. The first-order chi connectivity index (χ1) is 9.70. The molecule has 3 rings (SSSR count). The first kappa shape index (κ1) is 13.1. The number of benzene rings is 1. The average Bonchev–Trinajstić information content (AvgIpc) is 3.06. The number of hydrogen-bond acceptors (Lipinski definition) is 4. The Kier molecular flexibility index (Phi) is 3.41. The fraction of sp³-hybridized carbons (Fsp3) is 0.333. The second kappa shape index (κ2) is 5.22. The van der Waals surface area contributed by atoms with Crippen LogP contribution < -0.4 is 4.90 Å². The molecule has 0 spiro atoms. The van der Waals surface area contributed by atoms with Crippen LogP contribution in [0.25, 0.3) is 0 Å². The number of thiazole rings is 1. The number of nitrogens with zero attached hydrogens (tertiary/aromatic N) is 3. The van der Waals surface area contributed by atoms with Crippen LogP contribution in [-0.2, 0) is 0 Å². The fourth-order valence-electron chi connectivity index (χ4n) is 2.76. The first-order valence-electron chi connectivity index (χ1n) is 6.58. The maximum absolute atomic E-state index is 13.8. The highest BCUT2D eigenvalue weighted by Gasteiger charge is 2.30. The van der Waals surface area contributed by atoms with Gasteiger partial charge in [-0.2, -0.15) is 5.26 Å². The minimum absolute atomic E-state index is 0.131. The van der Waals surface area contributed by atoms with Crippen molar-refractivity contribution in [2.75, 3.05) is 11.4 Å². The Morgan fingerprint density at radius 3 is 3.05 bits per heavy atom. The molecule has 1 fully saturated rings. The number of aryl methyl sites for hydroxylation is 1. The van der Waals surface area contributed by atoms with E-state index in [0.717, 1.165) is 30.1 Å². The maximum Gasteiger partial charge on any atom is 0.143 e. The standard InChI is InChI=1S/C15H14FN3S/c1-10-18-13(9-20-10)15-6-3-7-19(15)14-5-2-4-12(16)11(14)8-17/h2,4-5,9,15H,3,6-7H2,1H3/t15-/m1/s1. The zero-order valence-electron chi connectivity index (χ0n) is 11.1. The molecule has 20 heavy (non-hydrogen) atoms. The minimum Gasteiger partial charge on any atom is -0.362 e. The molecule has 1 atom stereocenters. The van der Waals surface area contributed by atoms with Gasteiger partial charge in [0.1, 0.15) is 17.4 Å². The summed E-state index contributed by atoms with van der Waals surface area (Å²) >= 11 is 1.62. The minimum atomic E-state index is -0.454. The largest absolute Gasteiger partial charge is 0.362 e. The van der Waals surface area contributed by atoms with E-state index in [-0.39, 0.29) is 11.6 Å². The van der Waals surface area contributed by atoms with Crippen LogP contribution in [0.2, 0.25) is 0 Å². The maximum atomic E-state index is 13.8. The van der Waals surface area contributed by atoms with Gasteiger partial charge in [0.25, 0.3) is 0 Å². The SMILES string of the molecule is Cc1nc([C@H]2CCCN2c2cccc(F)c2C#N)cs1. The molecule has 0 radical (unpaired) electrons. The second-order valence-corrected chi connectivity index (χ2v) is 5.95. The van der Waals surface area contributed by atoms with Crippen molar-refractivity contribution in [3.63, 3.8) is 0 Å². The van der Waals surface area contributed by atoms with Gasteiger partial charge in [0, 0.05) is 11.9 Å². The van der Waals surface area contributed by atoms with Crippen molar-refractivity contribution in [1.82, 2.24) is 4.98 Å². The Bertz CT molecular complexity index is 674. The zero-order chi connectivity index (χ0) is 14.1. The zero-order valence-corrected chi connectivity index (χ0v) is 12.0. The van der Waals surface area contributed by atoms with Gasteiger partial charge in [-0.3, -0.25) is 0 Å². The third-order valence-electron chi connectivity index (χ3n) is 3.64. The van der Waals surface area contributed by atoms with Crippen molar-refractivity contribution in [3.8, 4) is 6.07 Å². The Morgan fingerprint density at radius 1 is 1.50 bits per heavy atom. The summed E-state index contributed by atoms with van der Waals surface area (Å²) in [4.78, 5) is 6.65. The molecule has 3 nitrogen and oxygen atoms in total. The summed E-state index contributed by atoms with van der Waals surface area (Å²) < 4.78 is 13.8. The molecule has 5 heteroatoms. The van der Waals surface area contributed by atoms with E-state index in [2.05, 4.69) is 15.3 Å². The lowest BCUT2D eigenvalue weighted by Crippen LogP contribution is -2.24. The smallest absolute Gasteiger partial charge is 0.143 e. The van der Waals surface area contributed by atoms with Crippen molar-refractivity contribution >= 4 is 17.0 Å². The van der Waals surface area contributed by atoms with Crippen LogP contribution in [0.5, 0.6) is 0 Å². The summed E-state index contributed by atoms with van der Waals surface area (Å²) in [6.07, 6.45) is 2.02. The van der Waals surface area contributed by atoms with E-state index < -0.39 is 5.82 Å². The van der Waals surface area contributed by atoms with Crippen LogP contribution in [0.15, 0.2) is 23.6 Å². The molecule has 1 aromatic carbocycles.